The van der Waals surface area contributed by atoms with Crippen molar-refractivity contribution in [3.05, 3.63) is 135 Å². The van der Waals surface area contributed by atoms with Crippen LogP contribution in [-0.2, 0) is 25.1 Å². The Labute approximate surface area is 329 Å². The third-order valence-corrected chi connectivity index (χ3v) is 13.0. The molecule has 0 fully saturated rings. The highest BCUT2D eigenvalue weighted by Gasteiger charge is 2.45. The maximum atomic E-state index is 5.68. The van der Waals surface area contributed by atoms with Gasteiger partial charge in [0, 0.05) is 77.9 Å². The fourth-order valence-electron chi connectivity index (χ4n) is 8.45. The highest BCUT2D eigenvalue weighted by molar-refractivity contribution is 8.04. The summed E-state index contributed by atoms with van der Waals surface area (Å²) in [6.45, 7) is 19.7. The standard InChI is InChI=1S/C48H61N2O3S/c1-34-18-24-41-39(32-34)46(2,3)43(49(41)28-14-30-51-8)26-21-35-19-20-36(45(35)54-48(6,7)37-16-12-11-13-17-37)22-27-44-47(4,5)40-33-38(53-10)23-25-42(40)50(44)29-15-31-52-9/h11-13,16-18,21-27,32-33H,14-15,19-20,28-31H2,1-10H3/q+1. The fourth-order valence-corrected chi connectivity index (χ4v) is 9.82. The number of allylic oxidation sites excluding steroid dienone is 7. The molecule has 3 aromatic carbocycles. The summed E-state index contributed by atoms with van der Waals surface area (Å²) in [6.07, 6.45) is 13.7. The zero-order chi connectivity index (χ0) is 38.7. The summed E-state index contributed by atoms with van der Waals surface area (Å²) in [5.74, 6) is 0.897. The minimum Gasteiger partial charge on any atom is -0.497 e. The zero-order valence-corrected chi connectivity index (χ0v) is 35.2. The van der Waals surface area contributed by atoms with Crippen molar-refractivity contribution in [2.24, 2.45) is 0 Å². The van der Waals surface area contributed by atoms with Gasteiger partial charge in [-0.25, -0.2) is 0 Å². The number of hydrogen-bond donors (Lipinski definition) is 0. The molecule has 54 heavy (non-hydrogen) atoms. The van der Waals surface area contributed by atoms with Crippen molar-refractivity contribution in [1.82, 2.24) is 0 Å². The smallest absolute Gasteiger partial charge is 0.210 e. The monoisotopic (exact) mass is 745 g/mol. The number of aryl methyl sites for hydroxylation is 1. The molecule has 3 aromatic rings. The second-order valence-electron chi connectivity index (χ2n) is 16.4. The number of hydrogen-bond acceptors (Lipinski definition) is 5. The summed E-state index contributed by atoms with van der Waals surface area (Å²) in [7, 11) is 5.33. The van der Waals surface area contributed by atoms with E-state index in [4.69, 9.17) is 14.2 Å². The van der Waals surface area contributed by atoms with Gasteiger partial charge in [0.25, 0.3) is 0 Å². The summed E-state index contributed by atoms with van der Waals surface area (Å²) in [5.41, 5.74) is 13.1. The first-order valence-corrected chi connectivity index (χ1v) is 20.4. The average molecular weight is 746 g/mol. The first-order valence-electron chi connectivity index (χ1n) is 19.6. The van der Waals surface area contributed by atoms with Crippen molar-refractivity contribution >= 4 is 28.8 Å². The van der Waals surface area contributed by atoms with Gasteiger partial charge in [-0.05, 0) is 100 Å². The Balaban J connectivity index is 1.44. The van der Waals surface area contributed by atoms with Gasteiger partial charge in [0.15, 0.2) is 12.3 Å². The second-order valence-corrected chi connectivity index (χ2v) is 18.1. The summed E-state index contributed by atoms with van der Waals surface area (Å²) >= 11 is 2.01. The number of fused-ring (bicyclic) bond motifs is 2. The van der Waals surface area contributed by atoms with E-state index in [2.05, 4.69) is 149 Å². The lowest BCUT2D eigenvalue weighted by Crippen LogP contribution is -2.28. The molecule has 0 saturated carbocycles. The van der Waals surface area contributed by atoms with Crippen molar-refractivity contribution in [3.63, 3.8) is 0 Å². The lowest BCUT2D eigenvalue weighted by molar-refractivity contribution is -0.438. The summed E-state index contributed by atoms with van der Waals surface area (Å²) in [4.78, 5) is 3.93. The van der Waals surface area contributed by atoms with Crippen molar-refractivity contribution in [1.29, 1.82) is 0 Å². The van der Waals surface area contributed by atoms with E-state index in [-0.39, 0.29) is 15.6 Å². The van der Waals surface area contributed by atoms with Crippen LogP contribution in [0.5, 0.6) is 5.75 Å². The van der Waals surface area contributed by atoms with Crippen LogP contribution in [0.25, 0.3) is 0 Å². The van der Waals surface area contributed by atoms with Crippen LogP contribution in [0.4, 0.5) is 11.4 Å². The van der Waals surface area contributed by atoms with Crippen LogP contribution >= 0.6 is 11.8 Å². The topological polar surface area (TPSA) is 33.9 Å². The van der Waals surface area contributed by atoms with Crippen molar-refractivity contribution in [2.75, 3.05) is 52.5 Å². The molecular formula is C48H61N2O3S+. The van der Waals surface area contributed by atoms with Gasteiger partial charge in [-0.2, -0.15) is 4.58 Å². The fraction of sp³-hybridized carbons (Fsp3) is 0.438. The molecule has 0 bridgehead atoms. The van der Waals surface area contributed by atoms with Gasteiger partial charge in [0.1, 0.15) is 5.75 Å². The third-order valence-electron chi connectivity index (χ3n) is 11.6. The van der Waals surface area contributed by atoms with E-state index in [1.165, 1.54) is 61.1 Å². The zero-order valence-electron chi connectivity index (χ0n) is 34.3. The number of nitrogens with zero attached hydrogens (tertiary/aromatic N) is 2. The molecule has 0 spiro atoms. The Hall–Kier alpha value is -3.84. The largest absolute Gasteiger partial charge is 0.497 e. The molecule has 6 heteroatoms. The van der Waals surface area contributed by atoms with Crippen LogP contribution in [-0.4, -0.2) is 57.9 Å². The molecule has 5 nitrogen and oxygen atoms in total. The maximum absolute atomic E-state index is 5.68. The first kappa shape index (κ1) is 39.8. The third kappa shape index (κ3) is 7.94. The molecule has 0 amide bonds. The van der Waals surface area contributed by atoms with Crippen molar-refractivity contribution in [3.8, 4) is 5.75 Å². The number of rotatable bonds is 15. The van der Waals surface area contributed by atoms with E-state index < -0.39 is 0 Å². The number of thioether (sulfide) groups is 1. The average Bonchev–Trinajstić information content (AvgIpc) is 3.70. The lowest BCUT2D eigenvalue weighted by atomic mass is 9.81. The van der Waals surface area contributed by atoms with Crippen LogP contribution in [0.3, 0.4) is 0 Å². The van der Waals surface area contributed by atoms with Gasteiger partial charge < -0.3 is 19.1 Å². The van der Waals surface area contributed by atoms with Crippen LogP contribution in [0.1, 0.15) is 89.5 Å². The van der Waals surface area contributed by atoms with Gasteiger partial charge in [0.05, 0.1) is 19.1 Å². The van der Waals surface area contributed by atoms with E-state index in [1.54, 1.807) is 21.3 Å². The highest BCUT2D eigenvalue weighted by Crippen LogP contribution is 2.51. The summed E-state index contributed by atoms with van der Waals surface area (Å²) in [5, 5.41) is 0. The number of benzene rings is 3. The van der Waals surface area contributed by atoms with Gasteiger partial charge in [0.2, 0.25) is 5.69 Å². The molecule has 1 aliphatic carbocycles. The number of anilines is 1. The molecular weight excluding hydrogens is 685 g/mol. The number of methoxy groups -OCH3 is 3. The van der Waals surface area contributed by atoms with Gasteiger partial charge >= 0.3 is 0 Å². The van der Waals surface area contributed by atoms with Gasteiger partial charge in [-0.1, -0.05) is 74.0 Å². The molecule has 0 saturated heterocycles. The van der Waals surface area contributed by atoms with Crippen LogP contribution in [0, 0.1) is 6.92 Å². The Morgan fingerprint density at radius 1 is 0.815 bits per heavy atom. The van der Waals surface area contributed by atoms with Crippen LogP contribution in [0.15, 0.2) is 113 Å². The summed E-state index contributed by atoms with van der Waals surface area (Å²) in [6, 6.07) is 24.4. The molecule has 6 rings (SSSR count). The molecule has 286 valence electrons. The Morgan fingerprint density at radius 2 is 1.56 bits per heavy atom. The predicted molar refractivity (Wildman–Crippen MR) is 229 cm³/mol. The van der Waals surface area contributed by atoms with E-state index in [0.29, 0.717) is 0 Å². The molecule has 2 aliphatic heterocycles. The Kier molecular flexibility index (Phi) is 12.2. The van der Waals surface area contributed by atoms with E-state index in [9.17, 15) is 0 Å². The molecule has 3 aliphatic rings. The predicted octanol–water partition coefficient (Wildman–Crippen LogP) is 11.3. The molecule has 2 heterocycles. The first-order chi connectivity index (χ1) is 25.8. The van der Waals surface area contributed by atoms with Crippen LogP contribution in [0.2, 0.25) is 0 Å². The van der Waals surface area contributed by atoms with E-state index in [0.717, 1.165) is 57.7 Å². The van der Waals surface area contributed by atoms with Gasteiger partial charge in [-0.15, -0.1) is 11.8 Å². The molecule has 0 N–H and O–H groups in total. The molecule has 0 unspecified atom stereocenters. The highest BCUT2D eigenvalue weighted by atomic mass is 32.2. The van der Waals surface area contributed by atoms with Crippen molar-refractivity contribution in [2.45, 2.75) is 89.7 Å². The maximum Gasteiger partial charge on any atom is 0.210 e. The van der Waals surface area contributed by atoms with Gasteiger partial charge in [-0.3, -0.25) is 0 Å². The summed E-state index contributed by atoms with van der Waals surface area (Å²) < 4.78 is 19.0. The molecule has 0 radical (unpaired) electrons. The SMILES string of the molecule is COCCCN1/C(=C/C=C2\CCC(/C=C/C3=[N+](CCCOC)c4ccc(OC)cc4C3(C)C)=C2SC(C)(C)c2ccccc2)C(C)(C)c2cc(C)ccc21. The lowest BCUT2D eigenvalue weighted by Gasteiger charge is -2.28. The van der Waals surface area contributed by atoms with Crippen molar-refractivity contribution < 1.29 is 18.8 Å². The Morgan fingerprint density at radius 3 is 2.28 bits per heavy atom. The van der Waals surface area contributed by atoms with E-state index in [1.807, 2.05) is 11.8 Å². The quantitative estimate of drug-likeness (QED) is 0.114. The van der Waals surface area contributed by atoms with Crippen LogP contribution < -0.4 is 9.64 Å². The normalized spacial score (nSPS) is 19.2. The van der Waals surface area contributed by atoms with E-state index >= 15 is 0 Å². The molecule has 0 aromatic heterocycles. The minimum atomic E-state index is -0.181. The molecule has 0 atom stereocenters. The second kappa shape index (κ2) is 16.5. The minimum absolute atomic E-state index is 0.109. The Bertz CT molecular complexity index is 2000. The number of ether oxygens (including phenoxy) is 3.